The molecule has 6 nitrogen and oxygen atoms in total. The van der Waals surface area contributed by atoms with Crippen LogP contribution < -0.4 is 4.72 Å². The van der Waals surface area contributed by atoms with Crippen molar-refractivity contribution in [2.45, 2.75) is 4.90 Å². The van der Waals surface area contributed by atoms with Crippen LogP contribution in [0.5, 0.6) is 0 Å². The lowest BCUT2D eigenvalue weighted by Crippen LogP contribution is -2.22. The van der Waals surface area contributed by atoms with E-state index in [4.69, 9.17) is 0 Å². The van der Waals surface area contributed by atoms with Crippen LogP contribution in [0.2, 0.25) is 0 Å². The van der Waals surface area contributed by atoms with Gasteiger partial charge in [-0.3, -0.25) is 4.72 Å². The Kier molecular flexibility index (Phi) is 4.76. The van der Waals surface area contributed by atoms with Crippen LogP contribution in [-0.4, -0.2) is 39.9 Å². The van der Waals surface area contributed by atoms with Gasteiger partial charge in [-0.1, -0.05) is 15.9 Å². The molecule has 0 fully saturated rings. The number of alkyl halides is 1. The molecular weight excluding hydrogens is 344 g/mol. The molecular formula is C9H13BrN2O4S2. The van der Waals surface area contributed by atoms with Crippen LogP contribution in [0.4, 0.5) is 5.69 Å². The number of sulfonamides is 2. The maximum absolute atomic E-state index is 11.8. The maximum Gasteiger partial charge on any atom is 0.242 e. The van der Waals surface area contributed by atoms with Gasteiger partial charge >= 0.3 is 0 Å². The number of anilines is 1. The molecule has 0 unspecified atom stereocenters. The summed E-state index contributed by atoms with van der Waals surface area (Å²) < 4.78 is 49.2. The first-order valence-electron chi connectivity index (χ1n) is 4.78. The molecule has 18 heavy (non-hydrogen) atoms. The van der Waals surface area contributed by atoms with Crippen LogP contribution in [0.25, 0.3) is 0 Å². The van der Waals surface area contributed by atoms with Gasteiger partial charge in [-0.2, -0.15) is 0 Å². The van der Waals surface area contributed by atoms with Crippen molar-refractivity contribution in [3.8, 4) is 0 Å². The Morgan fingerprint density at radius 1 is 1.11 bits per heavy atom. The second-order valence-corrected chi connectivity index (χ2v) is 8.81. The Balaban J connectivity index is 3.02. The first-order chi connectivity index (χ1) is 8.19. The van der Waals surface area contributed by atoms with Gasteiger partial charge in [-0.25, -0.2) is 21.1 Å². The lowest BCUT2D eigenvalue weighted by Gasteiger charge is -2.12. The van der Waals surface area contributed by atoms with Gasteiger partial charge in [0.2, 0.25) is 20.0 Å². The summed E-state index contributed by atoms with van der Waals surface area (Å²) in [6.45, 7) is 0. The van der Waals surface area contributed by atoms with E-state index >= 15 is 0 Å². The second kappa shape index (κ2) is 5.55. The highest BCUT2D eigenvalue weighted by molar-refractivity contribution is 9.10. The van der Waals surface area contributed by atoms with Crippen molar-refractivity contribution in [2.75, 3.05) is 23.5 Å². The summed E-state index contributed by atoms with van der Waals surface area (Å²) in [7, 11) is -4.07. The van der Waals surface area contributed by atoms with E-state index in [0.29, 0.717) is 5.69 Å². The highest BCUT2D eigenvalue weighted by Gasteiger charge is 2.17. The number of nitrogens with zero attached hydrogens (tertiary/aromatic N) is 1. The summed E-state index contributed by atoms with van der Waals surface area (Å²) >= 11 is 2.84. The Hall–Kier alpha value is -0.640. The molecule has 0 bridgehead atoms. The van der Waals surface area contributed by atoms with E-state index in [1.807, 2.05) is 0 Å². The van der Waals surface area contributed by atoms with Crippen LogP contribution in [0.1, 0.15) is 0 Å². The van der Waals surface area contributed by atoms with Crippen molar-refractivity contribution in [3.05, 3.63) is 24.3 Å². The minimum absolute atomic E-state index is 0.106. The van der Waals surface area contributed by atoms with Gasteiger partial charge in [0.15, 0.2) is 0 Å². The largest absolute Gasteiger partial charge is 0.283 e. The third kappa shape index (κ3) is 3.67. The van der Waals surface area contributed by atoms with Crippen molar-refractivity contribution in [3.63, 3.8) is 0 Å². The average molecular weight is 357 g/mol. The third-order valence-electron chi connectivity index (χ3n) is 2.05. The summed E-state index contributed by atoms with van der Waals surface area (Å²) in [4.78, 5) is 0.106. The third-order valence-corrected chi connectivity index (χ3v) is 6.52. The smallest absolute Gasteiger partial charge is 0.242 e. The number of halogens is 1. The molecule has 102 valence electrons. The Labute approximate surface area is 115 Å². The fourth-order valence-electron chi connectivity index (χ4n) is 1.11. The van der Waals surface area contributed by atoms with Gasteiger partial charge in [-0.05, 0) is 24.3 Å². The molecule has 1 N–H and O–H groups in total. The van der Waals surface area contributed by atoms with Crippen LogP contribution in [-0.2, 0) is 20.0 Å². The molecule has 0 heterocycles. The Morgan fingerprint density at radius 3 is 2.00 bits per heavy atom. The van der Waals surface area contributed by atoms with Crippen molar-refractivity contribution >= 4 is 41.7 Å². The summed E-state index contributed by atoms with van der Waals surface area (Å²) in [6, 6.07) is 5.50. The highest BCUT2D eigenvalue weighted by atomic mass is 79.9. The zero-order valence-electron chi connectivity index (χ0n) is 9.79. The molecule has 0 spiro atoms. The summed E-state index contributed by atoms with van der Waals surface area (Å²) in [6.07, 6.45) is 0. The van der Waals surface area contributed by atoms with E-state index in [1.165, 1.54) is 38.4 Å². The standard InChI is InChI=1S/C9H13BrN2O4S2/c1-12(2)18(15,16)9-5-3-8(4-6-9)11-17(13,14)7-10/h3-6,11H,7H2,1-2H3. The number of hydrogen-bond donors (Lipinski definition) is 1. The number of nitrogens with one attached hydrogen (secondary N) is 1. The van der Waals surface area contributed by atoms with Gasteiger partial charge in [0.25, 0.3) is 0 Å². The monoisotopic (exact) mass is 356 g/mol. The number of rotatable bonds is 5. The quantitative estimate of drug-likeness (QED) is 0.798. The van der Waals surface area contributed by atoms with E-state index < -0.39 is 20.0 Å². The van der Waals surface area contributed by atoms with E-state index in [-0.39, 0.29) is 9.56 Å². The van der Waals surface area contributed by atoms with Crippen LogP contribution in [0.15, 0.2) is 29.2 Å². The molecule has 0 radical (unpaired) electrons. The molecule has 9 heteroatoms. The molecule has 0 atom stereocenters. The first kappa shape index (κ1) is 15.4. The molecule has 0 aliphatic heterocycles. The fraction of sp³-hybridized carbons (Fsp3) is 0.333. The van der Waals surface area contributed by atoms with E-state index in [2.05, 4.69) is 20.7 Å². The minimum Gasteiger partial charge on any atom is -0.283 e. The maximum atomic E-state index is 11.8. The number of benzene rings is 1. The first-order valence-corrected chi connectivity index (χ1v) is 8.99. The summed E-state index contributed by atoms with van der Waals surface area (Å²) in [5, 5.41) is 0. The molecule has 1 aromatic carbocycles. The molecule has 1 aromatic rings. The summed E-state index contributed by atoms with van der Waals surface area (Å²) in [5.74, 6) is 0. The van der Waals surface area contributed by atoms with Crippen molar-refractivity contribution in [1.29, 1.82) is 0 Å². The highest BCUT2D eigenvalue weighted by Crippen LogP contribution is 2.17. The molecule has 0 aromatic heterocycles. The van der Waals surface area contributed by atoms with E-state index in [0.717, 1.165) is 4.31 Å². The Morgan fingerprint density at radius 2 is 1.61 bits per heavy atom. The van der Waals surface area contributed by atoms with Crippen LogP contribution >= 0.6 is 15.9 Å². The fourth-order valence-corrected chi connectivity index (χ4v) is 2.91. The minimum atomic E-state index is -3.50. The molecule has 0 aliphatic rings. The van der Waals surface area contributed by atoms with Gasteiger partial charge in [-0.15, -0.1) is 0 Å². The Bertz CT molecular complexity index is 608. The predicted molar refractivity (Wildman–Crippen MR) is 73.7 cm³/mol. The average Bonchev–Trinajstić information content (AvgIpc) is 2.29. The van der Waals surface area contributed by atoms with E-state index in [1.54, 1.807) is 0 Å². The number of hydrogen-bond acceptors (Lipinski definition) is 4. The topological polar surface area (TPSA) is 83.6 Å². The lowest BCUT2D eigenvalue weighted by molar-refractivity contribution is 0.521. The molecule has 1 rings (SSSR count). The van der Waals surface area contributed by atoms with Crippen LogP contribution in [0.3, 0.4) is 0 Å². The summed E-state index contributed by atoms with van der Waals surface area (Å²) in [5.41, 5.74) is 0.312. The molecule has 0 saturated heterocycles. The van der Waals surface area contributed by atoms with Gasteiger partial charge in [0.1, 0.15) is 4.66 Å². The van der Waals surface area contributed by atoms with Gasteiger partial charge in [0.05, 0.1) is 4.90 Å². The van der Waals surface area contributed by atoms with Gasteiger partial charge in [0, 0.05) is 19.8 Å². The molecule has 0 amide bonds. The zero-order chi connectivity index (χ0) is 14.0. The molecule has 0 aliphatic carbocycles. The predicted octanol–water partition coefficient (Wildman–Crippen LogP) is 1.03. The van der Waals surface area contributed by atoms with Crippen LogP contribution in [0, 0.1) is 0 Å². The SMILES string of the molecule is CN(C)S(=O)(=O)c1ccc(NS(=O)(=O)CBr)cc1. The van der Waals surface area contributed by atoms with Crippen molar-refractivity contribution in [1.82, 2.24) is 4.31 Å². The van der Waals surface area contributed by atoms with E-state index in [9.17, 15) is 16.8 Å². The molecule has 0 saturated carbocycles. The van der Waals surface area contributed by atoms with Gasteiger partial charge < -0.3 is 0 Å². The van der Waals surface area contributed by atoms with Crippen molar-refractivity contribution < 1.29 is 16.8 Å². The lowest BCUT2D eigenvalue weighted by atomic mass is 10.3. The normalized spacial score (nSPS) is 12.7. The second-order valence-electron chi connectivity index (χ2n) is 3.64. The van der Waals surface area contributed by atoms with Crippen molar-refractivity contribution in [2.24, 2.45) is 0 Å². The zero-order valence-corrected chi connectivity index (χ0v) is 13.0.